The molecule has 33 heavy (non-hydrogen) atoms. The van der Waals surface area contributed by atoms with Crippen molar-refractivity contribution in [3.8, 4) is 11.5 Å². The van der Waals surface area contributed by atoms with Gasteiger partial charge in [-0.1, -0.05) is 53.5 Å². The van der Waals surface area contributed by atoms with Crippen molar-refractivity contribution >= 4 is 8.32 Å². The molecule has 0 spiro atoms. The summed E-state index contributed by atoms with van der Waals surface area (Å²) >= 11 is 0. The van der Waals surface area contributed by atoms with Crippen molar-refractivity contribution in [2.24, 2.45) is 5.92 Å². The maximum atomic E-state index is 9.44. The van der Waals surface area contributed by atoms with Crippen LogP contribution in [0.1, 0.15) is 96.3 Å². The zero-order chi connectivity index (χ0) is 24.9. The molecule has 1 rings (SSSR count). The zero-order valence-electron chi connectivity index (χ0n) is 22.4. The van der Waals surface area contributed by atoms with Gasteiger partial charge in [-0.3, -0.25) is 0 Å². The van der Waals surface area contributed by atoms with E-state index in [2.05, 4.69) is 53.3 Å². The molecular formula is C28H50O4Si. The molecule has 0 aromatic heterocycles. The number of unbranched alkanes of at least 4 members (excludes halogenated alkanes) is 1. The second kappa shape index (κ2) is 15.6. The van der Waals surface area contributed by atoms with Crippen molar-refractivity contribution < 1.29 is 19.0 Å². The lowest BCUT2D eigenvalue weighted by Crippen LogP contribution is -2.38. The van der Waals surface area contributed by atoms with Gasteiger partial charge >= 0.3 is 0 Å². The van der Waals surface area contributed by atoms with Crippen LogP contribution in [0.2, 0.25) is 18.1 Å². The van der Waals surface area contributed by atoms with Gasteiger partial charge < -0.3 is 19.0 Å². The standard InChI is InChI=1S/C28H50O4Si/c1-9-14-18-23(16-10-2)27-25(30-7)20-24(21-26(27)31-8)28(22(6)17-15-19-29)32-33(11-3,12-4)13-5/h10,20-23,28-29H,2,9,11-19H2,1,3-8H3/t22-,23+,28+/m0/s1. The first-order valence-electron chi connectivity index (χ1n) is 13.1. The van der Waals surface area contributed by atoms with Gasteiger partial charge in [-0.25, -0.2) is 0 Å². The van der Waals surface area contributed by atoms with E-state index in [0.717, 1.165) is 79.3 Å². The molecule has 1 aromatic rings. The van der Waals surface area contributed by atoms with Gasteiger partial charge in [0.15, 0.2) is 8.32 Å². The van der Waals surface area contributed by atoms with Crippen molar-refractivity contribution in [1.82, 2.24) is 0 Å². The van der Waals surface area contributed by atoms with Gasteiger partial charge in [0, 0.05) is 12.2 Å². The molecule has 0 aliphatic rings. The maximum absolute atomic E-state index is 9.44. The second-order valence-electron chi connectivity index (χ2n) is 9.33. The normalized spacial score (nSPS) is 14.5. The first-order valence-corrected chi connectivity index (χ1v) is 15.6. The molecule has 0 aliphatic heterocycles. The van der Waals surface area contributed by atoms with Crippen molar-refractivity contribution in [3.05, 3.63) is 35.9 Å². The molecule has 0 radical (unpaired) electrons. The number of aliphatic hydroxyl groups excluding tert-OH is 1. The van der Waals surface area contributed by atoms with Crippen LogP contribution in [0.5, 0.6) is 11.5 Å². The van der Waals surface area contributed by atoms with E-state index in [1.165, 1.54) is 0 Å². The Kier molecular flexibility index (Phi) is 14.0. The first-order chi connectivity index (χ1) is 15.9. The molecule has 0 aliphatic carbocycles. The average molecular weight is 479 g/mol. The Morgan fingerprint density at radius 2 is 1.55 bits per heavy atom. The molecule has 0 fully saturated rings. The van der Waals surface area contributed by atoms with E-state index in [4.69, 9.17) is 13.9 Å². The fourth-order valence-corrected chi connectivity index (χ4v) is 7.81. The number of hydrogen-bond acceptors (Lipinski definition) is 4. The quantitative estimate of drug-likeness (QED) is 0.171. The van der Waals surface area contributed by atoms with Crippen molar-refractivity contribution in [2.75, 3.05) is 20.8 Å². The summed E-state index contributed by atoms with van der Waals surface area (Å²) in [5.74, 6) is 2.38. The van der Waals surface area contributed by atoms with Crippen LogP contribution in [0.3, 0.4) is 0 Å². The highest BCUT2D eigenvalue weighted by molar-refractivity contribution is 6.73. The summed E-state index contributed by atoms with van der Waals surface area (Å²) < 4.78 is 19.0. The topological polar surface area (TPSA) is 47.9 Å². The number of allylic oxidation sites excluding steroid dienone is 1. The Balaban J connectivity index is 3.58. The van der Waals surface area contributed by atoms with Crippen LogP contribution in [0, 0.1) is 5.92 Å². The third-order valence-corrected chi connectivity index (χ3v) is 11.9. The van der Waals surface area contributed by atoms with Gasteiger partial charge in [0.1, 0.15) is 11.5 Å². The molecule has 0 unspecified atom stereocenters. The highest BCUT2D eigenvalue weighted by atomic mass is 28.4. The van der Waals surface area contributed by atoms with E-state index in [1.807, 2.05) is 6.08 Å². The predicted octanol–water partition coefficient (Wildman–Crippen LogP) is 8.03. The summed E-state index contributed by atoms with van der Waals surface area (Å²) in [6, 6.07) is 7.68. The molecule has 1 aromatic carbocycles. The average Bonchev–Trinajstić information content (AvgIpc) is 2.85. The number of aliphatic hydroxyl groups is 1. The van der Waals surface area contributed by atoms with E-state index >= 15 is 0 Å². The Labute approximate surface area is 204 Å². The summed E-state index contributed by atoms with van der Waals surface area (Å²) in [7, 11) is 1.66. The van der Waals surface area contributed by atoms with Crippen LogP contribution in [-0.2, 0) is 4.43 Å². The third-order valence-electron chi connectivity index (χ3n) is 7.30. The molecule has 4 nitrogen and oxygen atoms in total. The van der Waals surface area contributed by atoms with Crippen LogP contribution in [-0.4, -0.2) is 34.3 Å². The van der Waals surface area contributed by atoms with Gasteiger partial charge in [0.05, 0.1) is 20.3 Å². The van der Waals surface area contributed by atoms with E-state index in [9.17, 15) is 5.11 Å². The van der Waals surface area contributed by atoms with Crippen LogP contribution in [0.15, 0.2) is 24.8 Å². The molecule has 0 heterocycles. The minimum atomic E-state index is -1.84. The van der Waals surface area contributed by atoms with Crippen molar-refractivity contribution in [1.29, 1.82) is 0 Å². The van der Waals surface area contributed by atoms with Gasteiger partial charge in [-0.05, 0) is 73.3 Å². The fraction of sp³-hybridized carbons (Fsp3) is 0.714. The zero-order valence-corrected chi connectivity index (χ0v) is 23.4. The van der Waals surface area contributed by atoms with Crippen LogP contribution >= 0.6 is 0 Å². The summed E-state index contributed by atoms with van der Waals surface area (Å²) in [6.07, 6.45) is 7.97. The molecule has 0 amide bonds. The number of ether oxygens (including phenoxy) is 2. The molecular weight excluding hydrogens is 428 g/mol. The number of rotatable bonds is 18. The largest absolute Gasteiger partial charge is 0.496 e. The van der Waals surface area contributed by atoms with Crippen LogP contribution in [0.4, 0.5) is 0 Å². The van der Waals surface area contributed by atoms with Gasteiger partial charge in [0.25, 0.3) is 0 Å². The Hall–Kier alpha value is -1.30. The molecule has 190 valence electrons. The fourth-order valence-electron chi connectivity index (χ4n) is 4.90. The molecule has 0 saturated heterocycles. The number of methoxy groups -OCH3 is 2. The summed E-state index contributed by atoms with van der Waals surface area (Å²) in [5, 5.41) is 9.44. The molecule has 1 N–H and O–H groups in total. The van der Waals surface area contributed by atoms with Crippen LogP contribution < -0.4 is 9.47 Å². The smallest absolute Gasteiger partial charge is 0.192 e. The van der Waals surface area contributed by atoms with Crippen molar-refractivity contribution in [3.63, 3.8) is 0 Å². The molecule has 0 saturated carbocycles. The molecule has 0 bridgehead atoms. The minimum absolute atomic E-state index is 0.0339. The Bertz CT molecular complexity index is 653. The van der Waals surface area contributed by atoms with Gasteiger partial charge in [-0.15, -0.1) is 6.58 Å². The monoisotopic (exact) mass is 478 g/mol. The molecule has 3 atom stereocenters. The van der Waals surface area contributed by atoms with Gasteiger partial charge in [-0.2, -0.15) is 0 Å². The lowest BCUT2D eigenvalue weighted by atomic mass is 9.86. The third kappa shape index (κ3) is 8.15. The van der Waals surface area contributed by atoms with E-state index < -0.39 is 8.32 Å². The SMILES string of the molecule is C=CC[C@H](CCCC)c1c(OC)cc([C@H](O[Si](CC)(CC)CC)[C@@H](C)CCCO)cc1OC. The highest BCUT2D eigenvalue weighted by Crippen LogP contribution is 2.45. The maximum Gasteiger partial charge on any atom is 0.192 e. The second-order valence-corrected chi connectivity index (χ2v) is 14.1. The number of benzene rings is 1. The van der Waals surface area contributed by atoms with Crippen molar-refractivity contribution in [2.45, 2.75) is 103 Å². The van der Waals surface area contributed by atoms with Gasteiger partial charge in [0.2, 0.25) is 0 Å². The summed E-state index contributed by atoms with van der Waals surface area (Å²) in [4.78, 5) is 0. The Morgan fingerprint density at radius 3 is 1.97 bits per heavy atom. The summed E-state index contributed by atoms with van der Waals surface area (Å²) in [6.45, 7) is 15.5. The first kappa shape index (κ1) is 29.7. The predicted molar refractivity (Wildman–Crippen MR) is 143 cm³/mol. The minimum Gasteiger partial charge on any atom is -0.496 e. The summed E-state index contributed by atoms with van der Waals surface area (Å²) in [5.41, 5.74) is 2.27. The number of hydrogen-bond donors (Lipinski definition) is 1. The van der Waals surface area contributed by atoms with E-state index in [0.29, 0.717) is 5.92 Å². The highest BCUT2D eigenvalue weighted by Gasteiger charge is 2.35. The van der Waals surface area contributed by atoms with Crippen LogP contribution in [0.25, 0.3) is 0 Å². The lowest BCUT2D eigenvalue weighted by Gasteiger charge is -2.37. The van der Waals surface area contributed by atoms with E-state index in [-0.39, 0.29) is 18.6 Å². The Morgan fingerprint density at radius 1 is 0.970 bits per heavy atom. The van der Waals surface area contributed by atoms with E-state index in [1.54, 1.807) is 14.2 Å². The molecule has 5 heteroatoms. The lowest BCUT2D eigenvalue weighted by molar-refractivity contribution is 0.119.